The van der Waals surface area contributed by atoms with E-state index in [0.717, 1.165) is 4.90 Å². The Balaban J connectivity index is 1.90. The van der Waals surface area contributed by atoms with Gasteiger partial charge in [-0.1, -0.05) is 36.0 Å². The first-order valence-corrected chi connectivity index (χ1v) is 7.76. The normalized spacial score (nSPS) is 19.2. The Labute approximate surface area is 137 Å². The van der Waals surface area contributed by atoms with Gasteiger partial charge in [-0.25, -0.2) is 0 Å². The summed E-state index contributed by atoms with van der Waals surface area (Å²) in [7, 11) is 0. The lowest BCUT2D eigenvalue weighted by molar-refractivity contribution is -0.126. The summed E-state index contributed by atoms with van der Waals surface area (Å²) < 4.78 is -1.31. The number of thioether (sulfide) groups is 1. The molecular weight excluding hydrogens is 310 g/mol. The molecular formula is C17H13N3O2S. The number of amides is 2. The molecule has 114 valence electrons. The molecule has 23 heavy (non-hydrogen) atoms. The quantitative estimate of drug-likeness (QED) is 0.832. The van der Waals surface area contributed by atoms with Gasteiger partial charge >= 0.3 is 0 Å². The van der Waals surface area contributed by atoms with E-state index in [9.17, 15) is 9.59 Å². The fourth-order valence-electron chi connectivity index (χ4n) is 2.25. The van der Waals surface area contributed by atoms with Gasteiger partial charge in [-0.15, -0.1) is 0 Å². The lowest BCUT2D eigenvalue weighted by atomic mass is 10.1. The summed E-state index contributed by atoms with van der Waals surface area (Å²) in [5, 5.41) is 14.6. The number of carbonyl (C=O) groups excluding carboxylic acids is 2. The molecule has 1 unspecified atom stereocenters. The maximum atomic E-state index is 12.7. The first-order valence-electron chi connectivity index (χ1n) is 6.94. The molecule has 6 heteroatoms. The highest BCUT2D eigenvalue weighted by Gasteiger charge is 2.45. The van der Waals surface area contributed by atoms with Crippen LogP contribution in [-0.4, -0.2) is 16.6 Å². The van der Waals surface area contributed by atoms with E-state index in [2.05, 4.69) is 10.6 Å². The number of nitrogens with zero attached hydrogens (tertiary/aromatic N) is 1. The van der Waals surface area contributed by atoms with Crippen LogP contribution in [0.25, 0.3) is 0 Å². The maximum absolute atomic E-state index is 12.7. The van der Waals surface area contributed by atoms with E-state index < -0.39 is 10.7 Å². The lowest BCUT2D eigenvalue weighted by Gasteiger charge is -2.31. The van der Waals surface area contributed by atoms with Gasteiger partial charge in [0, 0.05) is 4.90 Å². The van der Waals surface area contributed by atoms with Gasteiger partial charge < -0.3 is 10.6 Å². The molecule has 1 aliphatic rings. The van der Waals surface area contributed by atoms with Crippen molar-refractivity contribution in [3.63, 3.8) is 0 Å². The Bertz CT molecular complexity index is 844. The number of para-hydroxylation sites is 2. The zero-order valence-electron chi connectivity index (χ0n) is 12.3. The summed E-state index contributed by atoms with van der Waals surface area (Å²) >= 11 is 1.20. The molecule has 1 heterocycles. The van der Waals surface area contributed by atoms with E-state index in [1.807, 2.05) is 24.3 Å². The predicted molar refractivity (Wildman–Crippen MR) is 89.1 cm³/mol. The second-order valence-corrected chi connectivity index (χ2v) is 6.66. The van der Waals surface area contributed by atoms with Gasteiger partial charge in [0.1, 0.15) is 6.07 Å². The van der Waals surface area contributed by atoms with Crippen molar-refractivity contribution in [1.29, 1.82) is 5.26 Å². The number of fused-ring (bicyclic) bond motifs is 1. The molecule has 0 bridgehead atoms. The third-order valence-corrected chi connectivity index (χ3v) is 4.97. The molecule has 0 fully saturated rings. The number of anilines is 2. The lowest BCUT2D eigenvalue weighted by Crippen LogP contribution is -2.49. The number of nitrogens with one attached hydrogen (secondary N) is 2. The van der Waals surface area contributed by atoms with Crippen LogP contribution in [0.15, 0.2) is 53.4 Å². The highest BCUT2D eigenvalue weighted by molar-refractivity contribution is 8.02. The maximum Gasteiger partial charge on any atom is 0.250 e. The van der Waals surface area contributed by atoms with Crippen LogP contribution in [0.5, 0.6) is 0 Å². The van der Waals surface area contributed by atoms with Gasteiger partial charge in [-0.2, -0.15) is 5.26 Å². The van der Waals surface area contributed by atoms with Gasteiger partial charge in [0.15, 0.2) is 4.75 Å². The Kier molecular flexibility index (Phi) is 3.80. The monoisotopic (exact) mass is 323 g/mol. The largest absolute Gasteiger partial charge is 0.323 e. The smallest absolute Gasteiger partial charge is 0.250 e. The van der Waals surface area contributed by atoms with Crippen LogP contribution in [0.4, 0.5) is 11.4 Å². The van der Waals surface area contributed by atoms with Crippen molar-refractivity contribution in [2.45, 2.75) is 16.6 Å². The van der Waals surface area contributed by atoms with E-state index in [0.29, 0.717) is 16.9 Å². The van der Waals surface area contributed by atoms with Crippen molar-refractivity contribution < 1.29 is 9.59 Å². The molecule has 0 aliphatic carbocycles. The SMILES string of the molecule is CC1(C(=O)Nc2ccccc2C#N)Sc2ccccc2NC1=O. The second-order valence-electron chi connectivity index (χ2n) is 5.20. The molecule has 2 aromatic carbocycles. The van der Waals surface area contributed by atoms with Crippen molar-refractivity contribution in [2.75, 3.05) is 10.6 Å². The first kappa shape index (κ1) is 15.1. The van der Waals surface area contributed by atoms with Crippen molar-refractivity contribution in [2.24, 2.45) is 0 Å². The summed E-state index contributed by atoms with van der Waals surface area (Å²) in [5.74, 6) is -0.842. The average molecular weight is 323 g/mol. The number of carbonyl (C=O) groups is 2. The van der Waals surface area contributed by atoms with E-state index in [-0.39, 0.29) is 5.91 Å². The van der Waals surface area contributed by atoms with Crippen LogP contribution in [0, 0.1) is 11.3 Å². The molecule has 0 spiro atoms. The molecule has 1 aliphatic heterocycles. The minimum absolute atomic E-state index is 0.353. The minimum Gasteiger partial charge on any atom is -0.323 e. The van der Waals surface area contributed by atoms with Crippen LogP contribution in [0.1, 0.15) is 12.5 Å². The van der Waals surface area contributed by atoms with Gasteiger partial charge in [-0.3, -0.25) is 9.59 Å². The molecule has 0 radical (unpaired) electrons. The zero-order chi connectivity index (χ0) is 16.4. The summed E-state index contributed by atoms with van der Waals surface area (Å²) in [6.07, 6.45) is 0. The molecule has 2 amide bonds. The molecule has 2 N–H and O–H groups in total. The molecule has 0 aromatic heterocycles. The van der Waals surface area contributed by atoms with Crippen molar-refractivity contribution in [3.8, 4) is 6.07 Å². The van der Waals surface area contributed by atoms with Crippen LogP contribution in [-0.2, 0) is 9.59 Å². The van der Waals surface area contributed by atoms with Crippen LogP contribution in [0.3, 0.4) is 0 Å². The predicted octanol–water partition coefficient (Wildman–Crippen LogP) is 3.00. The van der Waals surface area contributed by atoms with E-state index in [4.69, 9.17) is 5.26 Å². The van der Waals surface area contributed by atoms with E-state index in [1.165, 1.54) is 11.8 Å². The van der Waals surface area contributed by atoms with E-state index >= 15 is 0 Å². The number of benzene rings is 2. The number of rotatable bonds is 2. The van der Waals surface area contributed by atoms with Crippen molar-refractivity contribution in [3.05, 3.63) is 54.1 Å². The summed E-state index contributed by atoms with van der Waals surface area (Å²) in [6.45, 7) is 1.58. The number of hydrogen-bond acceptors (Lipinski definition) is 4. The standard InChI is InChI=1S/C17H13N3O2S/c1-17(15(21)19-12-7-3-2-6-11(12)10-18)16(22)20-13-8-4-5-9-14(13)23-17/h2-9H,1H3,(H,19,21)(H,20,22). The molecule has 1 atom stereocenters. The topological polar surface area (TPSA) is 82.0 Å². The molecule has 0 saturated heterocycles. The first-order chi connectivity index (χ1) is 11.0. The fourth-order valence-corrected chi connectivity index (χ4v) is 3.35. The second kappa shape index (κ2) is 5.78. The highest BCUT2D eigenvalue weighted by Crippen LogP contribution is 2.42. The van der Waals surface area contributed by atoms with E-state index in [1.54, 1.807) is 37.3 Å². The van der Waals surface area contributed by atoms with Crippen LogP contribution < -0.4 is 10.6 Å². The Morgan fingerprint density at radius 2 is 1.91 bits per heavy atom. The molecule has 3 rings (SSSR count). The molecule has 2 aromatic rings. The fraction of sp³-hybridized carbons (Fsp3) is 0.118. The summed E-state index contributed by atoms with van der Waals surface area (Å²) in [5.41, 5.74) is 1.45. The number of nitriles is 1. The third kappa shape index (κ3) is 2.67. The Hall–Kier alpha value is -2.78. The minimum atomic E-state index is -1.31. The van der Waals surface area contributed by atoms with Crippen LogP contribution >= 0.6 is 11.8 Å². The van der Waals surface area contributed by atoms with Gasteiger partial charge in [0.25, 0.3) is 0 Å². The molecule has 5 nitrogen and oxygen atoms in total. The van der Waals surface area contributed by atoms with Gasteiger partial charge in [-0.05, 0) is 31.2 Å². The van der Waals surface area contributed by atoms with Crippen LogP contribution in [0.2, 0.25) is 0 Å². The Morgan fingerprint density at radius 1 is 1.22 bits per heavy atom. The van der Waals surface area contributed by atoms with Crippen molar-refractivity contribution in [1.82, 2.24) is 0 Å². The molecule has 0 saturated carbocycles. The zero-order valence-corrected chi connectivity index (χ0v) is 13.1. The number of hydrogen-bond donors (Lipinski definition) is 2. The third-order valence-electron chi connectivity index (χ3n) is 3.61. The van der Waals surface area contributed by atoms with Crippen molar-refractivity contribution >= 4 is 35.0 Å². The summed E-state index contributed by atoms with van der Waals surface area (Å²) in [4.78, 5) is 25.9. The van der Waals surface area contributed by atoms with Gasteiger partial charge in [0.2, 0.25) is 11.8 Å². The Morgan fingerprint density at radius 3 is 2.70 bits per heavy atom. The highest BCUT2D eigenvalue weighted by atomic mass is 32.2. The van der Waals surface area contributed by atoms with Gasteiger partial charge in [0.05, 0.1) is 16.9 Å². The average Bonchev–Trinajstić information content (AvgIpc) is 2.56. The summed E-state index contributed by atoms with van der Waals surface area (Å²) in [6, 6.07) is 16.0.